The van der Waals surface area contributed by atoms with Gasteiger partial charge in [0, 0.05) is 10.0 Å². The third kappa shape index (κ3) is 4.83. The fraction of sp³-hybridized carbons (Fsp3) is 0. The van der Waals surface area contributed by atoms with Crippen molar-refractivity contribution in [1.82, 2.24) is 0 Å². The van der Waals surface area contributed by atoms with E-state index in [9.17, 15) is 0 Å². The first-order valence-corrected chi connectivity index (χ1v) is 6.19. The fourth-order valence-electron chi connectivity index (χ4n) is 0.976. The molecule has 18 heavy (non-hydrogen) atoms. The smallest absolute Gasteiger partial charge is 0.152 e. The Bertz CT molecular complexity index is 482. The SMILES string of the molecule is Oc1c(Cl)cc(Cl)cc1Cl.Oc1ccc(Cl)cc1. The van der Waals surface area contributed by atoms with Crippen molar-refractivity contribution < 1.29 is 10.2 Å². The van der Waals surface area contributed by atoms with Crippen LogP contribution in [0.25, 0.3) is 0 Å². The topological polar surface area (TPSA) is 40.5 Å². The number of benzene rings is 2. The van der Waals surface area contributed by atoms with Gasteiger partial charge < -0.3 is 10.2 Å². The first-order chi connectivity index (χ1) is 8.40. The summed E-state index contributed by atoms with van der Waals surface area (Å²) in [4.78, 5) is 0. The van der Waals surface area contributed by atoms with Crippen LogP contribution in [0.4, 0.5) is 0 Å². The van der Waals surface area contributed by atoms with E-state index in [1.165, 1.54) is 12.1 Å². The van der Waals surface area contributed by atoms with Crippen LogP contribution in [0.2, 0.25) is 20.1 Å². The molecule has 2 nitrogen and oxygen atoms in total. The van der Waals surface area contributed by atoms with Crippen LogP contribution in [0.15, 0.2) is 36.4 Å². The highest BCUT2D eigenvalue weighted by Crippen LogP contribution is 2.34. The van der Waals surface area contributed by atoms with Gasteiger partial charge in [-0.1, -0.05) is 46.4 Å². The lowest BCUT2D eigenvalue weighted by Gasteiger charge is -1.98. The average Bonchev–Trinajstić information content (AvgIpc) is 2.31. The largest absolute Gasteiger partial charge is 0.508 e. The van der Waals surface area contributed by atoms with Gasteiger partial charge in [-0.3, -0.25) is 0 Å². The van der Waals surface area contributed by atoms with Crippen LogP contribution in [0.3, 0.4) is 0 Å². The Morgan fingerprint density at radius 1 is 0.667 bits per heavy atom. The van der Waals surface area contributed by atoms with E-state index < -0.39 is 0 Å². The minimum atomic E-state index is -0.132. The van der Waals surface area contributed by atoms with Crippen LogP contribution >= 0.6 is 46.4 Å². The molecule has 0 aromatic heterocycles. The zero-order chi connectivity index (χ0) is 13.7. The summed E-state index contributed by atoms with van der Waals surface area (Å²) >= 11 is 22.0. The Kier molecular flexibility index (Phi) is 5.89. The first kappa shape index (κ1) is 15.3. The van der Waals surface area contributed by atoms with Crippen molar-refractivity contribution in [3.8, 4) is 11.5 Å². The van der Waals surface area contributed by atoms with Crippen molar-refractivity contribution in [3.05, 3.63) is 56.5 Å². The number of phenols is 2. The van der Waals surface area contributed by atoms with E-state index in [0.29, 0.717) is 10.0 Å². The molecule has 2 aromatic rings. The zero-order valence-electron chi connectivity index (χ0n) is 8.87. The second-order valence-electron chi connectivity index (χ2n) is 3.19. The van der Waals surface area contributed by atoms with Gasteiger partial charge in [-0.2, -0.15) is 0 Å². The Morgan fingerprint density at radius 2 is 1.11 bits per heavy atom. The predicted molar refractivity (Wildman–Crippen MR) is 76.3 cm³/mol. The molecule has 0 bridgehead atoms. The maximum Gasteiger partial charge on any atom is 0.152 e. The van der Waals surface area contributed by atoms with Gasteiger partial charge in [0.05, 0.1) is 10.0 Å². The molecular weight excluding hydrogens is 318 g/mol. The number of hydrogen-bond donors (Lipinski definition) is 2. The molecule has 0 atom stereocenters. The monoisotopic (exact) mass is 324 g/mol. The van der Waals surface area contributed by atoms with E-state index in [-0.39, 0.29) is 21.5 Å². The average molecular weight is 326 g/mol. The van der Waals surface area contributed by atoms with Crippen LogP contribution < -0.4 is 0 Å². The highest BCUT2D eigenvalue weighted by molar-refractivity contribution is 6.40. The molecule has 0 heterocycles. The summed E-state index contributed by atoms with van der Waals surface area (Å²) in [6.45, 7) is 0. The number of phenolic OH excluding ortho intramolecular Hbond substituents is 2. The molecule has 0 fully saturated rings. The van der Waals surface area contributed by atoms with Crippen LogP contribution in [0.1, 0.15) is 0 Å². The van der Waals surface area contributed by atoms with Crippen LogP contribution in [-0.2, 0) is 0 Å². The van der Waals surface area contributed by atoms with Crippen molar-refractivity contribution in [2.24, 2.45) is 0 Å². The third-order valence-corrected chi connectivity index (χ3v) is 2.85. The Labute approximate surface area is 124 Å². The molecule has 0 aliphatic heterocycles. The lowest BCUT2D eigenvalue weighted by Crippen LogP contribution is -1.70. The van der Waals surface area contributed by atoms with Crippen molar-refractivity contribution in [1.29, 1.82) is 0 Å². The van der Waals surface area contributed by atoms with Gasteiger partial charge in [-0.25, -0.2) is 0 Å². The number of hydrogen-bond acceptors (Lipinski definition) is 2. The lowest BCUT2D eigenvalue weighted by atomic mass is 10.3. The van der Waals surface area contributed by atoms with E-state index >= 15 is 0 Å². The molecule has 0 spiro atoms. The number of halogens is 4. The molecule has 0 unspecified atom stereocenters. The van der Waals surface area contributed by atoms with E-state index in [1.807, 2.05) is 0 Å². The molecule has 2 N–H and O–H groups in total. The summed E-state index contributed by atoms with van der Waals surface area (Å²) in [5, 5.41) is 19.1. The summed E-state index contributed by atoms with van der Waals surface area (Å²) in [5.74, 6) is 0.113. The molecule has 0 saturated carbocycles. The molecule has 2 rings (SSSR count). The van der Waals surface area contributed by atoms with E-state index in [2.05, 4.69) is 0 Å². The normalized spacial score (nSPS) is 9.56. The minimum absolute atomic E-state index is 0.132. The maximum atomic E-state index is 9.01. The molecule has 0 saturated heterocycles. The Hall–Kier alpha value is -0.800. The van der Waals surface area contributed by atoms with Crippen LogP contribution in [0, 0.1) is 0 Å². The van der Waals surface area contributed by atoms with E-state index in [4.69, 9.17) is 56.6 Å². The van der Waals surface area contributed by atoms with Gasteiger partial charge in [0.2, 0.25) is 0 Å². The molecule has 2 aromatic carbocycles. The first-order valence-electron chi connectivity index (χ1n) is 4.68. The van der Waals surface area contributed by atoms with Crippen molar-refractivity contribution in [3.63, 3.8) is 0 Å². The van der Waals surface area contributed by atoms with Crippen molar-refractivity contribution in [2.75, 3.05) is 0 Å². The van der Waals surface area contributed by atoms with Crippen LogP contribution in [-0.4, -0.2) is 10.2 Å². The quantitative estimate of drug-likeness (QED) is 0.681. The highest BCUT2D eigenvalue weighted by Gasteiger charge is 2.04. The standard InChI is InChI=1S/C6H3Cl3O.C6H5ClO/c7-3-1-4(8)6(10)5(9)2-3;7-5-1-3-6(8)4-2-5/h1-2,10H;1-4,8H. The van der Waals surface area contributed by atoms with Crippen molar-refractivity contribution in [2.45, 2.75) is 0 Å². The van der Waals surface area contributed by atoms with Gasteiger partial charge in [0.1, 0.15) is 5.75 Å². The molecule has 0 aliphatic carbocycles. The predicted octanol–water partition coefficient (Wildman–Crippen LogP) is 5.40. The molecule has 96 valence electrons. The Balaban J connectivity index is 0.000000184. The van der Waals surface area contributed by atoms with Crippen molar-refractivity contribution >= 4 is 46.4 Å². The molecule has 0 aliphatic rings. The fourth-order valence-corrected chi connectivity index (χ4v) is 1.92. The summed E-state index contributed by atoms with van der Waals surface area (Å²) in [6, 6.07) is 9.20. The second-order valence-corrected chi connectivity index (χ2v) is 4.88. The Morgan fingerprint density at radius 3 is 1.50 bits per heavy atom. The summed E-state index contributed by atoms with van der Waals surface area (Å²) in [7, 11) is 0. The molecule has 0 amide bonds. The molecule has 6 heteroatoms. The van der Waals surface area contributed by atoms with Gasteiger partial charge in [0.15, 0.2) is 5.75 Å². The minimum Gasteiger partial charge on any atom is -0.508 e. The second kappa shape index (κ2) is 6.95. The highest BCUT2D eigenvalue weighted by atomic mass is 35.5. The molecular formula is C12H8Cl4O2. The van der Waals surface area contributed by atoms with Gasteiger partial charge in [0.25, 0.3) is 0 Å². The number of aromatic hydroxyl groups is 2. The van der Waals surface area contributed by atoms with Gasteiger partial charge in [-0.15, -0.1) is 0 Å². The van der Waals surface area contributed by atoms with E-state index in [1.54, 1.807) is 24.3 Å². The van der Waals surface area contributed by atoms with E-state index in [0.717, 1.165) is 0 Å². The third-order valence-electron chi connectivity index (χ3n) is 1.81. The van der Waals surface area contributed by atoms with Crippen LogP contribution in [0.5, 0.6) is 11.5 Å². The summed E-state index contributed by atoms with van der Waals surface area (Å²) in [5.41, 5.74) is 0. The van der Waals surface area contributed by atoms with Gasteiger partial charge in [-0.05, 0) is 36.4 Å². The summed E-state index contributed by atoms with van der Waals surface area (Å²) in [6.07, 6.45) is 0. The maximum absolute atomic E-state index is 9.01. The zero-order valence-corrected chi connectivity index (χ0v) is 11.9. The number of rotatable bonds is 0. The summed E-state index contributed by atoms with van der Waals surface area (Å²) < 4.78 is 0. The lowest BCUT2D eigenvalue weighted by molar-refractivity contribution is 0.475. The molecule has 0 radical (unpaired) electrons. The van der Waals surface area contributed by atoms with Gasteiger partial charge >= 0.3 is 0 Å².